The van der Waals surface area contributed by atoms with Gasteiger partial charge in [-0.2, -0.15) is 0 Å². The van der Waals surface area contributed by atoms with Crippen molar-refractivity contribution in [3.05, 3.63) is 60.2 Å². The van der Waals surface area contributed by atoms with Crippen molar-refractivity contribution in [3.63, 3.8) is 0 Å². The summed E-state index contributed by atoms with van der Waals surface area (Å²) < 4.78 is 5.40. The van der Waals surface area contributed by atoms with Crippen LogP contribution in [0.15, 0.2) is 54.6 Å². The Kier molecular flexibility index (Phi) is 6.09. The molecule has 0 radical (unpaired) electrons. The van der Waals surface area contributed by atoms with Gasteiger partial charge in [-0.25, -0.2) is 4.90 Å². The van der Waals surface area contributed by atoms with Crippen LogP contribution in [0.2, 0.25) is 0 Å². The van der Waals surface area contributed by atoms with E-state index in [0.29, 0.717) is 31.0 Å². The van der Waals surface area contributed by atoms with Crippen LogP contribution < -0.4 is 9.64 Å². The van der Waals surface area contributed by atoms with Gasteiger partial charge in [0, 0.05) is 13.5 Å². The molecule has 3 amide bonds. The van der Waals surface area contributed by atoms with E-state index in [4.69, 9.17) is 4.74 Å². The van der Waals surface area contributed by atoms with E-state index in [1.54, 1.807) is 24.3 Å². The summed E-state index contributed by atoms with van der Waals surface area (Å²) in [5, 5.41) is 0. The average Bonchev–Trinajstić information content (AvgIpc) is 2.98. The smallest absolute Gasteiger partial charge is 0.257 e. The number of benzene rings is 2. The third-order valence-corrected chi connectivity index (χ3v) is 4.79. The molecule has 0 aliphatic carbocycles. The lowest BCUT2D eigenvalue weighted by Crippen LogP contribution is -2.45. The van der Waals surface area contributed by atoms with Crippen LogP contribution in [-0.2, 0) is 20.8 Å². The number of carbonyl (C=O) groups excluding carboxylic acids is 3. The minimum atomic E-state index is -0.764. The minimum Gasteiger partial charge on any atom is -0.494 e. The SMILES string of the molecule is CCOc1ccc(N2C(=O)C[C@@H](N(CCc3ccccc3)C(C)=O)C2=O)cc1. The van der Waals surface area contributed by atoms with E-state index in [9.17, 15) is 14.4 Å². The first kappa shape index (κ1) is 19.6. The molecule has 0 spiro atoms. The van der Waals surface area contributed by atoms with Crippen molar-refractivity contribution in [2.45, 2.75) is 32.7 Å². The molecule has 1 saturated heterocycles. The Labute approximate surface area is 164 Å². The molecule has 6 heteroatoms. The maximum atomic E-state index is 13.0. The molecule has 28 heavy (non-hydrogen) atoms. The highest BCUT2D eigenvalue weighted by Crippen LogP contribution is 2.27. The molecule has 2 aromatic carbocycles. The first-order chi connectivity index (χ1) is 13.5. The lowest BCUT2D eigenvalue weighted by atomic mass is 10.1. The van der Waals surface area contributed by atoms with E-state index in [0.717, 1.165) is 5.56 Å². The normalized spacial score (nSPS) is 16.4. The van der Waals surface area contributed by atoms with Crippen LogP contribution in [0.4, 0.5) is 5.69 Å². The number of imide groups is 1. The van der Waals surface area contributed by atoms with Gasteiger partial charge in [0.1, 0.15) is 11.8 Å². The van der Waals surface area contributed by atoms with Crippen molar-refractivity contribution >= 4 is 23.4 Å². The van der Waals surface area contributed by atoms with Crippen molar-refractivity contribution < 1.29 is 19.1 Å². The van der Waals surface area contributed by atoms with Crippen molar-refractivity contribution in [2.75, 3.05) is 18.1 Å². The van der Waals surface area contributed by atoms with Crippen LogP contribution in [0.25, 0.3) is 0 Å². The van der Waals surface area contributed by atoms with Gasteiger partial charge in [-0.3, -0.25) is 14.4 Å². The molecular formula is C22H24N2O4. The summed E-state index contributed by atoms with van der Waals surface area (Å²) >= 11 is 0. The highest BCUT2D eigenvalue weighted by Gasteiger charge is 2.43. The quantitative estimate of drug-likeness (QED) is 0.693. The summed E-state index contributed by atoms with van der Waals surface area (Å²) in [5.74, 6) is -0.201. The van der Waals surface area contributed by atoms with Crippen LogP contribution in [0, 0.1) is 0 Å². The van der Waals surface area contributed by atoms with E-state index in [-0.39, 0.29) is 24.1 Å². The second-order valence-electron chi connectivity index (χ2n) is 6.66. The molecule has 0 unspecified atom stereocenters. The summed E-state index contributed by atoms with van der Waals surface area (Å²) in [5.41, 5.74) is 1.57. The van der Waals surface area contributed by atoms with Crippen molar-refractivity contribution in [2.24, 2.45) is 0 Å². The lowest BCUT2D eigenvalue weighted by Gasteiger charge is -2.26. The highest BCUT2D eigenvalue weighted by atomic mass is 16.5. The predicted octanol–water partition coefficient (Wildman–Crippen LogP) is 2.81. The molecule has 0 N–H and O–H groups in total. The highest BCUT2D eigenvalue weighted by molar-refractivity contribution is 6.23. The first-order valence-electron chi connectivity index (χ1n) is 9.42. The lowest BCUT2D eigenvalue weighted by molar-refractivity contribution is -0.136. The van der Waals surface area contributed by atoms with Crippen molar-refractivity contribution in [3.8, 4) is 5.75 Å². The van der Waals surface area contributed by atoms with E-state index >= 15 is 0 Å². The fraction of sp³-hybridized carbons (Fsp3) is 0.318. The van der Waals surface area contributed by atoms with Gasteiger partial charge >= 0.3 is 0 Å². The van der Waals surface area contributed by atoms with Crippen molar-refractivity contribution in [1.29, 1.82) is 0 Å². The third-order valence-electron chi connectivity index (χ3n) is 4.79. The topological polar surface area (TPSA) is 66.9 Å². The molecule has 2 aromatic rings. The Bertz CT molecular complexity index is 849. The fourth-order valence-electron chi connectivity index (χ4n) is 3.42. The van der Waals surface area contributed by atoms with Crippen LogP contribution in [0.5, 0.6) is 5.75 Å². The molecule has 0 aromatic heterocycles. The van der Waals surface area contributed by atoms with Crippen LogP contribution in [0.3, 0.4) is 0 Å². The summed E-state index contributed by atoms with van der Waals surface area (Å²) in [4.78, 5) is 40.4. The molecule has 1 fully saturated rings. The van der Waals surface area contributed by atoms with Gasteiger partial charge in [0.15, 0.2) is 0 Å². The van der Waals surface area contributed by atoms with Crippen molar-refractivity contribution in [1.82, 2.24) is 4.90 Å². The second kappa shape index (κ2) is 8.69. The first-order valence-corrected chi connectivity index (χ1v) is 9.42. The zero-order valence-corrected chi connectivity index (χ0v) is 16.1. The number of rotatable bonds is 7. The second-order valence-corrected chi connectivity index (χ2v) is 6.66. The number of amides is 3. The Morgan fingerprint density at radius 3 is 2.39 bits per heavy atom. The summed E-state index contributed by atoms with van der Waals surface area (Å²) in [6, 6.07) is 15.8. The molecule has 146 valence electrons. The molecule has 0 bridgehead atoms. The summed E-state index contributed by atoms with van der Waals surface area (Å²) in [7, 11) is 0. The Morgan fingerprint density at radius 1 is 1.11 bits per heavy atom. The number of hydrogen-bond donors (Lipinski definition) is 0. The largest absolute Gasteiger partial charge is 0.494 e. The van der Waals surface area contributed by atoms with Gasteiger partial charge in [0.05, 0.1) is 18.7 Å². The van der Waals surface area contributed by atoms with Gasteiger partial charge in [0.25, 0.3) is 5.91 Å². The fourth-order valence-corrected chi connectivity index (χ4v) is 3.42. The molecule has 0 saturated carbocycles. The predicted molar refractivity (Wildman–Crippen MR) is 106 cm³/mol. The Morgan fingerprint density at radius 2 is 1.79 bits per heavy atom. The number of nitrogens with zero attached hydrogens (tertiary/aromatic N) is 2. The molecule has 1 heterocycles. The van der Waals surface area contributed by atoms with E-state index in [1.165, 1.54) is 16.7 Å². The molecular weight excluding hydrogens is 356 g/mol. The standard InChI is InChI=1S/C22H24N2O4/c1-3-28-19-11-9-18(10-12-19)24-21(26)15-20(22(24)27)23(16(2)25)14-13-17-7-5-4-6-8-17/h4-12,20H,3,13-15H2,1-2H3/t20-/m1/s1. The zero-order valence-electron chi connectivity index (χ0n) is 16.1. The van der Waals surface area contributed by atoms with Gasteiger partial charge in [-0.15, -0.1) is 0 Å². The number of carbonyl (C=O) groups is 3. The monoisotopic (exact) mass is 380 g/mol. The number of ether oxygens (including phenoxy) is 1. The molecule has 1 atom stereocenters. The molecule has 3 rings (SSSR count). The molecule has 1 aliphatic rings. The average molecular weight is 380 g/mol. The summed E-state index contributed by atoms with van der Waals surface area (Å²) in [6.07, 6.45) is 0.627. The van der Waals surface area contributed by atoms with E-state index in [1.807, 2.05) is 37.3 Å². The Hall–Kier alpha value is -3.15. The van der Waals surface area contributed by atoms with E-state index < -0.39 is 6.04 Å². The van der Waals surface area contributed by atoms with Crippen LogP contribution in [0.1, 0.15) is 25.8 Å². The van der Waals surface area contributed by atoms with Gasteiger partial charge < -0.3 is 9.64 Å². The van der Waals surface area contributed by atoms with Gasteiger partial charge in [-0.1, -0.05) is 30.3 Å². The van der Waals surface area contributed by atoms with Crippen LogP contribution >= 0.6 is 0 Å². The van der Waals surface area contributed by atoms with Gasteiger partial charge in [0.2, 0.25) is 11.8 Å². The Balaban J connectivity index is 1.75. The minimum absolute atomic E-state index is 0.000411. The number of anilines is 1. The molecule has 1 aliphatic heterocycles. The zero-order chi connectivity index (χ0) is 20.1. The summed E-state index contributed by atoms with van der Waals surface area (Å²) in [6.45, 7) is 4.25. The maximum Gasteiger partial charge on any atom is 0.257 e. The van der Waals surface area contributed by atoms with Crippen LogP contribution in [-0.4, -0.2) is 41.8 Å². The van der Waals surface area contributed by atoms with Gasteiger partial charge in [-0.05, 0) is 43.2 Å². The van der Waals surface area contributed by atoms with E-state index in [2.05, 4.69) is 0 Å². The third kappa shape index (κ3) is 4.22. The maximum absolute atomic E-state index is 13.0. The molecule has 6 nitrogen and oxygen atoms in total. The number of hydrogen-bond acceptors (Lipinski definition) is 4.